The maximum absolute atomic E-state index is 13.1. The van der Waals surface area contributed by atoms with Crippen LogP contribution in [0.15, 0.2) is 54.7 Å². The van der Waals surface area contributed by atoms with E-state index in [9.17, 15) is 17.6 Å². The molecule has 0 aliphatic carbocycles. The Hall–Kier alpha value is -3.43. The Kier molecular flexibility index (Phi) is 5.39. The molecule has 0 N–H and O–H groups in total. The average Bonchev–Trinajstić information content (AvgIpc) is 3.21. The second-order valence-corrected chi connectivity index (χ2v) is 6.81. The van der Waals surface area contributed by atoms with Gasteiger partial charge in [0.05, 0.1) is 11.3 Å². The summed E-state index contributed by atoms with van der Waals surface area (Å²) in [5.41, 5.74) is 0.555. The van der Waals surface area contributed by atoms with Crippen LogP contribution in [0.5, 0.6) is 0 Å². The van der Waals surface area contributed by atoms with E-state index < -0.39 is 11.7 Å². The normalized spacial score (nSPS) is 15.2. The third kappa shape index (κ3) is 4.42. The maximum Gasteiger partial charge on any atom is 0.416 e. The number of nitrogens with zero attached hydrogens (tertiary/aromatic N) is 6. The fourth-order valence-corrected chi connectivity index (χ4v) is 3.24. The van der Waals surface area contributed by atoms with Gasteiger partial charge in [-0.2, -0.15) is 17.9 Å². The Morgan fingerprint density at radius 2 is 1.63 bits per heavy atom. The van der Waals surface area contributed by atoms with E-state index in [-0.39, 0.29) is 5.82 Å². The first kappa shape index (κ1) is 19.9. The maximum atomic E-state index is 13.1. The molecule has 156 valence electrons. The van der Waals surface area contributed by atoms with Gasteiger partial charge >= 0.3 is 6.18 Å². The van der Waals surface area contributed by atoms with Crippen LogP contribution in [0.2, 0.25) is 0 Å². The van der Waals surface area contributed by atoms with E-state index in [1.807, 2.05) is 16.0 Å². The van der Waals surface area contributed by atoms with E-state index in [2.05, 4.69) is 15.5 Å². The number of hydrogen-bond donors (Lipinski definition) is 0. The first-order chi connectivity index (χ1) is 14.4. The van der Waals surface area contributed by atoms with Crippen LogP contribution in [0.4, 0.5) is 23.2 Å². The zero-order valence-corrected chi connectivity index (χ0v) is 15.8. The van der Waals surface area contributed by atoms with Crippen molar-refractivity contribution >= 4 is 11.8 Å². The summed E-state index contributed by atoms with van der Waals surface area (Å²) < 4.78 is 53.4. The molecule has 1 saturated heterocycles. The molecule has 1 aliphatic rings. The highest BCUT2D eigenvalue weighted by atomic mass is 19.4. The molecular weight excluding hydrogens is 400 g/mol. The lowest BCUT2D eigenvalue weighted by molar-refractivity contribution is -0.137. The molecule has 10 heteroatoms. The smallest absolute Gasteiger partial charge is 0.374 e. The molecule has 0 amide bonds. The Bertz CT molecular complexity index is 1020. The first-order valence-electron chi connectivity index (χ1n) is 9.29. The third-order valence-electron chi connectivity index (χ3n) is 4.85. The van der Waals surface area contributed by atoms with Gasteiger partial charge in [0, 0.05) is 44.1 Å². The number of anilines is 1. The Balaban J connectivity index is 1.40. The number of rotatable bonds is 4. The van der Waals surface area contributed by atoms with Crippen molar-refractivity contribution in [3.8, 4) is 5.69 Å². The summed E-state index contributed by atoms with van der Waals surface area (Å²) in [7, 11) is 0. The summed E-state index contributed by atoms with van der Waals surface area (Å²) in [6, 6.07) is 11.2. The van der Waals surface area contributed by atoms with Gasteiger partial charge in [-0.1, -0.05) is 6.07 Å². The van der Waals surface area contributed by atoms with Gasteiger partial charge in [0.1, 0.15) is 5.82 Å². The number of alkyl halides is 3. The van der Waals surface area contributed by atoms with Gasteiger partial charge in [-0.15, -0.1) is 5.10 Å². The minimum Gasteiger partial charge on any atom is -0.374 e. The fraction of sp³-hybridized carbons (Fsp3) is 0.250. The Labute approximate surface area is 170 Å². The van der Waals surface area contributed by atoms with Crippen molar-refractivity contribution in [2.24, 2.45) is 0 Å². The van der Waals surface area contributed by atoms with E-state index in [0.29, 0.717) is 43.4 Å². The Morgan fingerprint density at radius 3 is 2.33 bits per heavy atom. The molecule has 4 rings (SSSR count). The van der Waals surface area contributed by atoms with Crippen LogP contribution in [0.1, 0.15) is 11.4 Å². The van der Waals surface area contributed by atoms with E-state index in [4.69, 9.17) is 0 Å². The molecule has 3 aromatic rings. The van der Waals surface area contributed by atoms with Gasteiger partial charge in [0.25, 0.3) is 0 Å². The van der Waals surface area contributed by atoms with Crippen LogP contribution in [-0.4, -0.2) is 51.3 Å². The van der Waals surface area contributed by atoms with E-state index in [1.54, 1.807) is 24.3 Å². The number of piperazine rings is 1. The number of halogens is 4. The average molecular weight is 418 g/mol. The zero-order valence-electron chi connectivity index (χ0n) is 15.8. The molecule has 0 radical (unpaired) electrons. The van der Waals surface area contributed by atoms with Gasteiger partial charge in [-0.05, 0) is 52.9 Å². The second kappa shape index (κ2) is 8.13. The predicted octanol–water partition coefficient (Wildman–Crippen LogP) is 3.61. The standard InChI is InChI=1S/C20H18F4N6/c21-16-4-6-17(7-5-16)30-19(25-26-27-30)8-9-28-10-12-29(13-11-28)18-3-1-2-15(14-18)20(22,23)24/h1-9,14H,10-13H2/b9-8-. The summed E-state index contributed by atoms with van der Waals surface area (Å²) in [6.07, 6.45) is -0.742. The van der Waals surface area contributed by atoms with Crippen LogP contribution in [0, 0.1) is 5.82 Å². The molecule has 1 aromatic heterocycles. The zero-order chi connectivity index (χ0) is 21.1. The van der Waals surface area contributed by atoms with Crippen LogP contribution >= 0.6 is 0 Å². The summed E-state index contributed by atoms with van der Waals surface area (Å²) in [6.45, 7) is 2.47. The summed E-state index contributed by atoms with van der Waals surface area (Å²) >= 11 is 0. The molecule has 1 fully saturated rings. The quantitative estimate of drug-likeness (QED) is 0.606. The monoisotopic (exact) mass is 418 g/mol. The van der Waals surface area contributed by atoms with Crippen LogP contribution in [0.3, 0.4) is 0 Å². The van der Waals surface area contributed by atoms with Crippen LogP contribution in [0.25, 0.3) is 11.8 Å². The van der Waals surface area contributed by atoms with Crippen LogP contribution in [-0.2, 0) is 6.18 Å². The summed E-state index contributed by atoms with van der Waals surface area (Å²) in [5, 5.41) is 11.6. The van der Waals surface area contributed by atoms with Crippen molar-refractivity contribution in [3.05, 3.63) is 71.9 Å². The highest BCUT2D eigenvalue weighted by molar-refractivity contribution is 5.50. The lowest BCUT2D eigenvalue weighted by Gasteiger charge is -2.35. The second-order valence-electron chi connectivity index (χ2n) is 6.81. The van der Waals surface area contributed by atoms with E-state index in [0.717, 1.165) is 6.07 Å². The Morgan fingerprint density at radius 1 is 0.900 bits per heavy atom. The lowest BCUT2D eigenvalue weighted by Crippen LogP contribution is -2.44. The van der Waals surface area contributed by atoms with Gasteiger partial charge in [-0.25, -0.2) is 4.39 Å². The molecule has 30 heavy (non-hydrogen) atoms. The first-order valence-corrected chi connectivity index (χ1v) is 9.29. The van der Waals surface area contributed by atoms with Crippen molar-refractivity contribution < 1.29 is 17.6 Å². The SMILES string of the molecule is Fc1ccc(-n2nnnc2/C=C\N2CCN(c3cccc(C(F)(F)F)c3)CC2)cc1. The predicted molar refractivity (Wildman–Crippen MR) is 103 cm³/mol. The fourth-order valence-electron chi connectivity index (χ4n) is 3.24. The molecule has 1 aliphatic heterocycles. The minimum atomic E-state index is -4.35. The molecule has 0 atom stereocenters. The van der Waals surface area contributed by atoms with Crippen molar-refractivity contribution in [2.45, 2.75) is 6.18 Å². The van der Waals surface area contributed by atoms with Crippen molar-refractivity contribution in [1.82, 2.24) is 25.1 Å². The number of aromatic nitrogens is 4. The highest BCUT2D eigenvalue weighted by Crippen LogP contribution is 2.31. The molecule has 2 aromatic carbocycles. The molecule has 0 bridgehead atoms. The minimum absolute atomic E-state index is 0.345. The molecule has 6 nitrogen and oxygen atoms in total. The van der Waals surface area contributed by atoms with Crippen molar-refractivity contribution in [1.29, 1.82) is 0 Å². The molecule has 0 spiro atoms. The number of tetrazole rings is 1. The van der Waals surface area contributed by atoms with Gasteiger partial charge in [-0.3, -0.25) is 0 Å². The molecule has 2 heterocycles. The largest absolute Gasteiger partial charge is 0.416 e. The van der Waals surface area contributed by atoms with Crippen molar-refractivity contribution in [2.75, 3.05) is 31.1 Å². The number of hydrogen-bond acceptors (Lipinski definition) is 5. The lowest BCUT2D eigenvalue weighted by atomic mass is 10.1. The van der Waals surface area contributed by atoms with Gasteiger partial charge in [0.15, 0.2) is 5.82 Å². The highest BCUT2D eigenvalue weighted by Gasteiger charge is 2.31. The topological polar surface area (TPSA) is 50.1 Å². The molecule has 0 saturated carbocycles. The summed E-state index contributed by atoms with van der Waals surface area (Å²) in [4.78, 5) is 3.98. The van der Waals surface area contributed by atoms with Gasteiger partial charge < -0.3 is 9.80 Å². The van der Waals surface area contributed by atoms with Crippen molar-refractivity contribution in [3.63, 3.8) is 0 Å². The van der Waals surface area contributed by atoms with Crippen LogP contribution < -0.4 is 4.90 Å². The van der Waals surface area contributed by atoms with E-state index >= 15 is 0 Å². The van der Waals surface area contributed by atoms with E-state index in [1.165, 1.54) is 28.9 Å². The number of benzene rings is 2. The molecular formula is C20H18F4N6. The summed E-state index contributed by atoms with van der Waals surface area (Å²) in [5.74, 6) is 0.143. The third-order valence-corrected chi connectivity index (χ3v) is 4.85. The molecule has 0 unspecified atom stereocenters. The van der Waals surface area contributed by atoms with Gasteiger partial charge in [0.2, 0.25) is 0 Å².